The van der Waals surface area contributed by atoms with Crippen LogP contribution < -0.4 is 5.32 Å². The average Bonchev–Trinajstić information content (AvgIpc) is 3.15. The van der Waals surface area contributed by atoms with Crippen molar-refractivity contribution in [2.24, 2.45) is 0 Å². The van der Waals surface area contributed by atoms with Crippen molar-refractivity contribution in [2.45, 2.75) is 55.6 Å². The normalized spacial score (nSPS) is 19.7. The van der Waals surface area contributed by atoms with Gasteiger partial charge in [-0.1, -0.05) is 48.5 Å². The highest BCUT2D eigenvalue weighted by Gasteiger charge is 2.44. The van der Waals surface area contributed by atoms with Gasteiger partial charge in [0.2, 0.25) is 5.91 Å². The zero-order chi connectivity index (χ0) is 24.6. The molecule has 0 spiro atoms. The summed E-state index contributed by atoms with van der Waals surface area (Å²) in [5.41, 5.74) is 2.19. The van der Waals surface area contributed by atoms with Crippen LogP contribution in [-0.2, 0) is 14.3 Å². The lowest BCUT2D eigenvalue weighted by atomic mass is 9.74. The highest BCUT2D eigenvalue weighted by Crippen LogP contribution is 2.44. The number of likely N-dealkylation sites (tertiary alicyclic amines) is 1. The lowest BCUT2D eigenvalue weighted by Crippen LogP contribution is -2.57. The molecule has 2 fully saturated rings. The molecule has 3 aliphatic rings. The second kappa shape index (κ2) is 9.00. The molecule has 1 saturated carbocycles. The van der Waals surface area contributed by atoms with E-state index in [0.29, 0.717) is 12.8 Å². The topological polar surface area (TPSA) is 116 Å². The molecule has 184 valence electrons. The Morgan fingerprint density at radius 1 is 0.943 bits per heavy atom. The summed E-state index contributed by atoms with van der Waals surface area (Å²) < 4.78 is 5.68. The van der Waals surface area contributed by atoms with E-state index >= 15 is 0 Å². The Labute approximate surface area is 203 Å². The third-order valence-electron chi connectivity index (χ3n) is 7.85. The molecular formula is C27H30N2O6. The van der Waals surface area contributed by atoms with Crippen LogP contribution >= 0.6 is 0 Å². The molecule has 35 heavy (non-hydrogen) atoms. The van der Waals surface area contributed by atoms with Gasteiger partial charge in [-0.15, -0.1) is 0 Å². The quantitative estimate of drug-likeness (QED) is 0.587. The number of rotatable bonds is 6. The summed E-state index contributed by atoms with van der Waals surface area (Å²) in [7, 11) is 0. The number of ether oxygens (including phenoxy) is 1. The number of fused-ring (bicyclic) bond motifs is 3. The number of carbonyl (C=O) groups excluding carboxylic acids is 2. The summed E-state index contributed by atoms with van der Waals surface area (Å²) >= 11 is 0. The van der Waals surface area contributed by atoms with Crippen molar-refractivity contribution in [3.63, 3.8) is 0 Å². The van der Waals surface area contributed by atoms with Crippen molar-refractivity contribution in [2.75, 3.05) is 19.7 Å². The second-order valence-corrected chi connectivity index (χ2v) is 9.98. The summed E-state index contributed by atoms with van der Waals surface area (Å²) in [6.45, 7) is 0.578. The maximum Gasteiger partial charge on any atom is 0.407 e. The number of hydrogen-bond acceptors (Lipinski definition) is 5. The van der Waals surface area contributed by atoms with Gasteiger partial charge >= 0.3 is 12.1 Å². The van der Waals surface area contributed by atoms with Crippen LogP contribution in [0, 0.1) is 0 Å². The predicted octanol–water partition coefficient (Wildman–Crippen LogP) is 3.28. The molecular weight excluding hydrogens is 448 g/mol. The third-order valence-corrected chi connectivity index (χ3v) is 7.85. The molecule has 1 heterocycles. The van der Waals surface area contributed by atoms with Crippen molar-refractivity contribution in [3.8, 4) is 11.1 Å². The molecule has 5 rings (SSSR count). The van der Waals surface area contributed by atoms with Crippen LogP contribution in [0.15, 0.2) is 48.5 Å². The van der Waals surface area contributed by atoms with E-state index in [1.54, 1.807) is 4.90 Å². The van der Waals surface area contributed by atoms with Crippen LogP contribution in [0.4, 0.5) is 4.79 Å². The molecule has 2 aromatic carbocycles. The van der Waals surface area contributed by atoms with E-state index in [2.05, 4.69) is 29.6 Å². The Kier molecular flexibility index (Phi) is 6.01. The number of aliphatic hydroxyl groups is 1. The molecule has 3 N–H and O–H groups in total. The van der Waals surface area contributed by atoms with Crippen LogP contribution in [-0.4, -0.2) is 63.9 Å². The number of benzene rings is 2. The van der Waals surface area contributed by atoms with Crippen LogP contribution in [0.2, 0.25) is 0 Å². The molecule has 1 aliphatic heterocycles. The number of carboxylic acid groups (broad SMARTS) is 1. The molecule has 0 aromatic heterocycles. The average molecular weight is 479 g/mol. The number of nitrogens with zero attached hydrogens (tertiary/aromatic N) is 1. The molecule has 8 nitrogen and oxygen atoms in total. The number of alkyl carbamates (subject to hydrolysis) is 1. The minimum absolute atomic E-state index is 0.000873. The van der Waals surface area contributed by atoms with Crippen LogP contribution in [0.3, 0.4) is 0 Å². The smallest absolute Gasteiger partial charge is 0.407 e. The minimum Gasteiger partial charge on any atom is -0.479 e. The van der Waals surface area contributed by atoms with Crippen molar-refractivity contribution < 1.29 is 29.3 Å². The highest BCUT2D eigenvalue weighted by molar-refractivity contribution is 5.81. The Bertz CT molecular complexity index is 1100. The van der Waals surface area contributed by atoms with Gasteiger partial charge in [0.1, 0.15) is 6.61 Å². The van der Waals surface area contributed by atoms with Gasteiger partial charge in [0.15, 0.2) is 5.60 Å². The van der Waals surface area contributed by atoms with Crippen molar-refractivity contribution in [1.29, 1.82) is 0 Å². The monoisotopic (exact) mass is 478 g/mol. The Hall–Kier alpha value is -3.39. The van der Waals surface area contributed by atoms with E-state index in [0.717, 1.165) is 28.7 Å². The first-order chi connectivity index (χ1) is 16.8. The van der Waals surface area contributed by atoms with E-state index in [1.807, 2.05) is 24.3 Å². The molecule has 0 unspecified atom stereocenters. The molecule has 0 atom stereocenters. The van der Waals surface area contributed by atoms with E-state index in [-0.39, 0.29) is 50.8 Å². The Morgan fingerprint density at radius 2 is 1.51 bits per heavy atom. The van der Waals surface area contributed by atoms with Gasteiger partial charge in [0.25, 0.3) is 0 Å². The van der Waals surface area contributed by atoms with Gasteiger partial charge in [-0.05, 0) is 41.5 Å². The van der Waals surface area contributed by atoms with Crippen LogP contribution in [0.1, 0.15) is 55.6 Å². The maximum atomic E-state index is 12.9. The molecule has 2 aromatic rings. The number of carboxylic acids is 1. The van der Waals surface area contributed by atoms with Gasteiger partial charge in [-0.2, -0.15) is 0 Å². The first-order valence-electron chi connectivity index (χ1n) is 12.2. The molecule has 2 aliphatic carbocycles. The van der Waals surface area contributed by atoms with E-state index in [4.69, 9.17) is 4.74 Å². The zero-order valence-corrected chi connectivity index (χ0v) is 19.5. The number of hydrogen-bond donors (Lipinski definition) is 3. The number of aliphatic carboxylic acids is 1. The second-order valence-electron chi connectivity index (χ2n) is 9.98. The SMILES string of the molecule is O=C(NC1(CC(=O)N2CCC(O)(C(=O)O)CC2)CCC1)OCC1c2ccccc2-c2ccccc21. The molecule has 1 saturated heterocycles. The molecule has 0 radical (unpaired) electrons. The van der Waals surface area contributed by atoms with Gasteiger partial charge in [-0.25, -0.2) is 9.59 Å². The van der Waals surface area contributed by atoms with Gasteiger partial charge in [0, 0.05) is 31.8 Å². The third kappa shape index (κ3) is 4.38. The minimum atomic E-state index is -1.77. The van der Waals surface area contributed by atoms with Crippen LogP contribution in [0.25, 0.3) is 11.1 Å². The fourth-order valence-electron chi connectivity index (χ4n) is 5.54. The molecule has 8 heteroatoms. The first kappa shape index (κ1) is 23.4. The largest absolute Gasteiger partial charge is 0.479 e. The van der Waals surface area contributed by atoms with Crippen LogP contribution in [0.5, 0.6) is 0 Å². The van der Waals surface area contributed by atoms with Gasteiger partial charge < -0.3 is 25.2 Å². The summed E-state index contributed by atoms with van der Waals surface area (Å²) in [5, 5.41) is 22.2. The summed E-state index contributed by atoms with van der Waals surface area (Å²) in [6.07, 6.45) is 1.91. The molecule has 2 amide bonds. The molecule has 0 bridgehead atoms. The van der Waals surface area contributed by atoms with E-state index in [1.165, 1.54) is 0 Å². The predicted molar refractivity (Wildman–Crippen MR) is 128 cm³/mol. The first-order valence-corrected chi connectivity index (χ1v) is 12.2. The number of nitrogens with one attached hydrogen (secondary N) is 1. The highest BCUT2D eigenvalue weighted by atomic mass is 16.5. The van der Waals surface area contributed by atoms with Crippen molar-refractivity contribution >= 4 is 18.0 Å². The zero-order valence-electron chi connectivity index (χ0n) is 19.5. The van der Waals surface area contributed by atoms with Crippen molar-refractivity contribution in [1.82, 2.24) is 10.2 Å². The van der Waals surface area contributed by atoms with Crippen molar-refractivity contribution in [3.05, 3.63) is 59.7 Å². The lowest BCUT2D eigenvalue weighted by molar-refractivity contribution is -0.165. The number of piperidine rings is 1. The lowest BCUT2D eigenvalue weighted by Gasteiger charge is -2.43. The standard InChI is InChI=1S/C27H30N2O6/c30-23(29-14-12-27(34,13-15-29)24(31)32)16-26(10-5-11-26)28-25(33)35-17-22-20-8-3-1-6-18(20)19-7-2-4-9-21(19)22/h1-4,6-9,22,34H,5,10-17H2,(H,28,33)(H,31,32). The summed E-state index contributed by atoms with van der Waals surface area (Å²) in [5.74, 6) is -1.43. The Morgan fingerprint density at radius 3 is 2.03 bits per heavy atom. The Balaban J connectivity index is 1.18. The van der Waals surface area contributed by atoms with Gasteiger partial charge in [-0.3, -0.25) is 4.79 Å². The summed E-state index contributed by atoms with van der Waals surface area (Å²) in [4.78, 5) is 38.5. The van der Waals surface area contributed by atoms with E-state index in [9.17, 15) is 24.6 Å². The summed E-state index contributed by atoms with van der Waals surface area (Å²) in [6, 6.07) is 16.3. The fraction of sp³-hybridized carbons (Fsp3) is 0.444. The fourth-order valence-corrected chi connectivity index (χ4v) is 5.54. The number of amides is 2. The van der Waals surface area contributed by atoms with E-state index < -0.39 is 23.2 Å². The van der Waals surface area contributed by atoms with Gasteiger partial charge in [0.05, 0.1) is 12.0 Å². The maximum absolute atomic E-state index is 12.9. The number of carbonyl (C=O) groups is 3.